The van der Waals surface area contributed by atoms with E-state index in [1.54, 1.807) is 11.3 Å². The molecule has 2 heterocycles. The van der Waals surface area contributed by atoms with Crippen molar-refractivity contribution < 1.29 is 4.79 Å². The van der Waals surface area contributed by atoms with Gasteiger partial charge in [0.2, 0.25) is 5.91 Å². The number of thiophene rings is 1. The number of hydrogen-bond acceptors (Lipinski definition) is 3. The van der Waals surface area contributed by atoms with Crippen molar-refractivity contribution in [3.05, 3.63) is 22.4 Å². The molecular weight excluding hydrogens is 220 g/mol. The summed E-state index contributed by atoms with van der Waals surface area (Å²) in [6.45, 7) is 2.99. The maximum absolute atomic E-state index is 11.9. The molecular formula is C12H18N2OS. The summed E-state index contributed by atoms with van der Waals surface area (Å²) in [5, 5.41) is 10.4. The van der Waals surface area contributed by atoms with Crippen molar-refractivity contribution in [3.8, 4) is 0 Å². The van der Waals surface area contributed by atoms with E-state index >= 15 is 0 Å². The second-order valence-corrected chi connectivity index (χ2v) is 5.07. The van der Waals surface area contributed by atoms with Crippen LogP contribution < -0.4 is 10.6 Å². The molecule has 1 aromatic rings. The van der Waals surface area contributed by atoms with Gasteiger partial charge in [0.25, 0.3) is 0 Å². The Balaban J connectivity index is 1.86. The summed E-state index contributed by atoms with van der Waals surface area (Å²) in [6.07, 6.45) is 3.30. The number of nitrogens with one attached hydrogen (secondary N) is 2. The molecule has 16 heavy (non-hydrogen) atoms. The van der Waals surface area contributed by atoms with Crippen molar-refractivity contribution in [2.24, 2.45) is 0 Å². The molecule has 2 atom stereocenters. The van der Waals surface area contributed by atoms with E-state index in [1.165, 1.54) is 12.0 Å². The first-order valence-electron chi connectivity index (χ1n) is 5.83. The molecule has 0 bridgehead atoms. The van der Waals surface area contributed by atoms with Crippen LogP contribution in [0.15, 0.2) is 16.8 Å². The molecule has 3 nitrogen and oxygen atoms in total. The third kappa shape index (κ3) is 2.83. The molecule has 88 valence electrons. The van der Waals surface area contributed by atoms with Crippen molar-refractivity contribution in [3.63, 3.8) is 0 Å². The van der Waals surface area contributed by atoms with Crippen molar-refractivity contribution in [1.29, 1.82) is 0 Å². The zero-order valence-corrected chi connectivity index (χ0v) is 10.3. The Bertz CT molecular complexity index is 331. The summed E-state index contributed by atoms with van der Waals surface area (Å²) in [6, 6.07) is 2.18. The van der Waals surface area contributed by atoms with E-state index in [4.69, 9.17) is 0 Å². The highest BCUT2D eigenvalue weighted by molar-refractivity contribution is 7.07. The number of carbonyl (C=O) groups excluding carboxylic acids is 1. The maximum atomic E-state index is 11.9. The number of hydrogen-bond donors (Lipinski definition) is 2. The first-order valence-corrected chi connectivity index (χ1v) is 6.77. The second kappa shape index (κ2) is 5.46. The summed E-state index contributed by atoms with van der Waals surface area (Å²) in [4.78, 5) is 11.9. The van der Waals surface area contributed by atoms with Crippen LogP contribution in [0, 0.1) is 0 Å². The van der Waals surface area contributed by atoms with Crippen molar-refractivity contribution >= 4 is 17.2 Å². The summed E-state index contributed by atoms with van der Waals surface area (Å²) >= 11 is 1.66. The second-order valence-electron chi connectivity index (χ2n) is 4.29. The first-order chi connectivity index (χ1) is 7.77. The predicted octanol–water partition coefficient (Wildman–Crippen LogP) is 2.07. The van der Waals surface area contributed by atoms with E-state index in [0.29, 0.717) is 0 Å². The topological polar surface area (TPSA) is 41.1 Å². The molecule has 0 aliphatic carbocycles. The standard InChI is InChI=1S/C12H18N2OS/c1-9(10-5-7-16-8-10)14-12(15)11-4-2-3-6-13-11/h5,7-9,11,13H,2-4,6H2,1H3,(H,14,15). The predicted molar refractivity (Wildman–Crippen MR) is 66.5 cm³/mol. The van der Waals surface area contributed by atoms with Gasteiger partial charge in [-0.3, -0.25) is 4.79 Å². The average molecular weight is 238 g/mol. The van der Waals surface area contributed by atoms with Crippen LogP contribution in [0.2, 0.25) is 0 Å². The van der Waals surface area contributed by atoms with Crippen LogP contribution in [0.3, 0.4) is 0 Å². The molecule has 2 unspecified atom stereocenters. The lowest BCUT2D eigenvalue weighted by atomic mass is 10.0. The van der Waals surface area contributed by atoms with E-state index in [2.05, 4.69) is 22.1 Å². The van der Waals surface area contributed by atoms with Gasteiger partial charge in [-0.15, -0.1) is 0 Å². The normalized spacial score (nSPS) is 22.7. The number of rotatable bonds is 3. The van der Waals surface area contributed by atoms with Gasteiger partial charge in [0.05, 0.1) is 12.1 Å². The molecule has 0 spiro atoms. The lowest BCUT2D eigenvalue weighted by Gasteiger charge is -2.24. The number of piperidine rings is 1. The zero-order chi connectivity index (χ0) is 11.4. The van der Waals surface area contributed by atoms with E-state index in [1.807, 2.05) is 12.3 Å². The summed E-state index contributed by atoms with van der Waals surface area (Å²) < 4.78 is 0. The Labute approximate surface area is 100 Å². The van der Waals surface area contributed by atoms with Gasteiger partial charge in [-0.05, 0) is 48.7 Å². The van der Waals surface area contributed by atoms with Gasteiger partial charge in [-0.25, -0.2) is 0 Å². The molecule has 1 amide bonds. The van der Waals surface area contributed by atoms with Gasteiger partial charge in [-0.1, -0.05) is 6.42 Å². The Morgan fingerprint density at radius 3 is 3.12 bits per heavy atom. The third-order valence-corrected chi connectivity index (χ3v) is 3.73. The Kier molecular flexibility index (Phi) is 3.96. The Hall–Kier alpha value is -0.870. The van der Waals surface area contributed by atoms with Gasteiger partial charge in [-0.2, -0.15) is 11.3 Å². The molecule has 2 N–H and O–H groups in total. The molecule has 4 heteroatoms. The quantitative estimate of drug-likeness (QED) is 0.846. The van der Waals surface area contributed by atoms with Gasteiger partial charge >= 0.3 is 0 Å². The van der Waals surface area contributed by atoms with Gasteiger partial charge in [0.15, 0.2) is 0 Å². The van der Waals surface area contributed by atoms with Crippen LogP contribution >= 0.6 is 11.3 Å². The van der Waals surface area contributed by atoms with E-state index in [-0.39, 0.29) is 18.0 Å². The van der Waals surface area contributed by atoms with Gasteiger partial charge in [0, 0.05) is 0 Å². The molecule has 0 aromatic carbocycles. The van der Waals surface area contributed by atoms with Gasteiger partial charge < -0.3 is 10.6 Å². The Morgan fingerprint density at radius 1 is 1.62 bits per heavy atom. The van der Waals surface area contributed by atoms with Crippen LogP contribution in [0.1, 0.15) is 37.8 Å². The molecule has 0 saturated carbocycles. The van der Waals surface area contributed by atoms with Crippen molar-refractivity contribution in [2.75, 3.05) is 6.54 Å². The van der Waals surface area contributed by atoms with Crippen LogP contribution in [0.5, 0.6) is 0 Å². The molecule has 1 aliphatic heterocycles. The minimum absolute atomic E-state index is 0.00911. The lowest BCUT2D eigenvalue weighted by molar-refractivity contribution is -0.124. The van der Waals surface area contributed by atoms with Crippen molar-refractivity contribution in [1.82, 2.24) is 10.6 Å². The maximum Gasteiger partial charge on any atom is 0.237 e. The smallest absolute Gasteiger partial charge is 0.237 e. The van der Waals surface area contributed by atoms with Crippen LogP contribution in [-0.4, -0.2) is 18.5 Å². The molecule has 1 aliphatic rings. The fourth-order valence-electron chi connectivity index (χ4n) is 1.99. The fraction of sp³-hybridized carbons (Fsp3) is 0.583. The lowest BCUT2D eigenvalue weighted by Crippen LogP contribution is -2.47. The summed E-state index contributed by atoms with van der Waals surface area (Å²) in [7, 11) is 0. The molecule has 1 fully saturated rings. The Morgan fingerprint density at radius 2 is 2.50 bits per heavy atom. The average Bonchev–Trinajstić information content (AvgIpc) is 2.83. The first kappa shape index (κ1) is 11.6. The molecule has 2 rings (SSSR count). The SMILES string of the molecule is CC(NC(=O)C1CCCCN1)c1ccsc1. The molecule has 0 radical (unpaired) electrons. The van der Waals surface area contributed by atoms with Crippen LogP contribution in [0.25, 0.3) is 0 Å². The minimum Gasteiger partial charge on any atom is -0.348 e. The minimum atomic E-state index is 0.00911. The van der Waals surface area contributed by atoms with Crippen LogP contribution in [-0.2, 0) is 4.79 Å². The summed E-state index contributed by atoms with van der Waals surface area (Å²) in [5.74, 6) is 0.137. The highest BCUT2D eigenvalue weighted by Gasteiger charge is 2.21. The monoisotopic (exact) mass is 238 g/mol. The molecule has 1 saturated heterocycles. The number of amides is 1. The largest absolute Gasteiger partial charge is 0.348 e. The van der Waals surface area contributed by atoms with Gasteiger partial charge in [0.1, 0.15) is 0 Å². The highest BCUT2D eigenvalue weighted by Crippen LogP contribution is 2.16. The number of carbonyl (C=O) groups is 1. The van der Waals surface area contributed by atoms with Crippen LogP contribution in [0.4, 0.5) is 0 Å². The highest BCUT2D eigenvalue weighted by atomic mass is 32.1. The molecule has 1 aromatic heterocycles. The summed E-state index contributed by atoms with van der Waals surface area (Å²) in [5.41, 5.74) is 1.19. The third-order valence-electron chi connectivity index (χ3n) is 3.03. The fourth-order valence-corrected chi connectivity index (χ4v) is 2.75. The van der Waals surface area contributed by atoms with E-state index < -0.39 is 0 Å². The van der Waals surface area contributed by atoms with Crippen molar-refractivity contribution in [2.45, 2.75) is 38.3 Å². The van der Waals surface area contributed by atoms with E-state index in [0.717, 1.165) is 19.4 Å². The van der Waals surface area contributed by atoms with E-state index in [9.17, 15) is 4.79 Å². The zero-order valence-electron chi connectivity index (χ0n) is 9.53.